The Morgan fingerprint density at radius 1 is 1.00 bits per heavy atom. The Labute approximate surface area is 369 Å². The van der Waals surface area contributed by atoms with Crippen molar-refractivity contribution in [1.29, 1.82) is 0 Å². The molecule has 10 unspecified atom stereocenters. The van der Waals surface area contributed by atoms with Crippen molar-refractivity contribution in [2.75, 3.05) is 21.3 Å². The summed E-state index contributed by atoms with van der Waals surface area (Å²) in [6.45, 7) is 10.6. The topological polar surface area (TPSA) is 224 Å². The molecule has 17 heteroatoms. The molecule has 0 saturated carbocycles. The van der Waals surface area contributed by atoms with E-state index >= 15 is 0 Å². The largest absolute Gasteiger partial charge is 0.462 e. The summed E-state index contributed by atoms with van der Waals surface area (Å²) < 4.78 is 40.6. The van der Waals surface area contributed by atoms with Crippen LogP contribution in [0.3, 0.4) is 0 Å². The number of methoxy groups -OCH3 is 2. The number of aliphatic hydroxyl groups is 1. The van der Waals surface area contributed by atoms with Crippen LogP contribution >= 0.6 is 0 Å². The molecule has 10 atom stereocenters. The highest BCUT2D eigenvalue weighted by atomic mass is 16.6. The van der Waals surface area contributed by atoms with Gasteiger partial charge in [-0.05, 0) is 37.7 Å². The van der Waals surface area contributed by atoms with Crippen molar-refractivity contribution >= 4 is 36.0 Å². The molecule has 0 fully saturated rings. The number of esters is 2. The maximum atomic E-state index is 13.6. The van der Waals surface area contributed by atoms with E-state index in [4.69, 9.17) is 32.2 Å². The highest BCUT2D eigenvalue weighted by molar-refractivity contribution is 5.82. The van der Waals surface area contributed by atoms with E-state index in [1.807, 2.05) is 33.8 Å². The van der Waals surface area contributed by atoms with Gasteiger partial charge in [0.15, 0.2) is 11.4 Å². The summed E-state index contributed by atoms with van der Waals surface area (Å²) >= 11 is 0. The molecule has 0 saturated heterocycles. The fourth-order valence-electron chi connectivity index (χ4n) is 7.64. The SMILES string of the molecule is COC(CC1OC(=O)CC(O)CCCC(=O)CC(C)c2coc(n2)-c2coc(n2)-c2coc(n2)/C=C/CC(OC)C1C)C(C)CCC(=O)C(C)C(OC(C)=O)C(C)/C=C/N(C)C=O. The maximum absolute atomic E-state index is 13.6. The summed E-state index contributed by atoms with van der Waals surface area (Å²) in [5.74, 6) is -2.28. The van der Waals surface area contributed by atoms with Crippen LogP contribution in [0.4, 0.5) is 0 Å². The lowest BCUT2D eigenvalue weighted by Gasteiger charge is -2.34. The Morgan fingerprint density at radius 2 is 1.70 bits per heavy atom. The van der Waals surface area contributed by atoms with Gasteiger partial charge in [-0.2, -0.15) is 0 Å². The van der Waals surface area contributed by atoms with Crippen LogP contribution in [0, 0.1) is 23.7 Å². The zero-order valence-electron chi connectivity index (χ0n) is 37.9. The molecule has 6 bridgehead atoms. The van der Waals surface area contributed by atoms with Crippen LogP contribution < -0.4 is 0 Å². The number of oxazole rings is 3. The molecule has 1 N–H and O–H groups in total. The number of aliphatic hydroxyl groups excluding tert-OH is 1. The minimum atomic E-state index is -1.03. The van der Waals surface area contributed by atoms with Crippen LogP contribution in [0.15, 0.2) is 50.4 Å². The molecule has 1 aliphatic rings. The molecule has 4 heterocycles. The fourth-order valence-corrected chi connectivity index (χ4v) is 7.64. The summed E-state index contributed by atoms with van der Waals surface area (Å²) in [7, 11) is 4.72. The van der Waals surface area contributed by atoms with E-state index in [0.717, 1.165) is 0 Å². The number of cyclic esters (lactones) is 1. The lowest BCUT2D eigenvalue weighted by Crippen LogP contribution is -2.39. The highest BCUT2D eigenvalue weighted by Gasteiger charge is 2.35. The van der Waals surface area contributed by atoms with Crippen molar-refractivity contribution in [2.24, 2.45) is 23.7 Å². The van der Waals surface area contributed by atoms with Gasteiger partial charge in [0.1, 0.15) is 42.6 Å². The van der Waals surface area contributed by atoms with Gasteiger partial charge in [0.25, 0.3) is 0 Å². The first-order chi connectivity index (χ1) is 30.0. The Hall–Kier alpha value is -5.26. The van der Waals surface area contributed by atoms with E-state index in [2.05, 4.69) is 15.0 Å². The first-order valence-corrected chi connectivity index (χ1v) is 21.6. The smallest absolute Gasteiger partial charge is 0.308 e. The van der Waals surface area contributed by atoms with E-state index in [1.54, 1.807) is 46.5 Å². The first kappa shape index (κ1) is 50.4. The van der Waals surface area contributed by atoms with Gasteiger partial charge in [0.05, 0.1) is 36.3 Å². The predicted molar refractivity (Wildman–Crippen MR) is 229 cm³/mol. The van der Waals surface area contributed by atoms with Crippen molar-refractivity contribution in [3.8, 4) is 23.2 Å². The average Bonchev–Trinajstić information content (AvgIpc) is 4.05. The number of carbonyl (C=O) groups excluding carboxylic acids is 5. The second-order valence-corrected chi connectivity index (χ2v) is 16.7. The molecule has 1 aliphatic heterocycles. The van der Waals surface area contributed by atoms with Crippen molar-refractivity contribution in [3.63, 3.8) is 0 Å². The third-order valence-corrected chi connectivity index (χ3v) is 11.7. The number of rotatable bonds is 15. The van der Waals surface area contributed by atoms with Gasteiger partial charge in [-0.25, -0.2) is 15.0 Å². The monoisotopic (exact) mass is 880 g/mol. The molecule has 1 amide bonds. The highest BCUT2D eigenvalue weighted by Crippen LogP contribution is 2.31. The number of ether oxygens (including phenoxy) is 4. The molecule has 3 aromatic heterocycles. The fraction of sp³-hybridized carbons (Fsp3) is 0.609. The molecular formula is C46H64N4O13. The van der Waals surface area contributed by atoms with Gasteiger partial charge in [-0.15, -0.1) is 0 Å². The van der Waals surface area contributed by atoms with Gasteiger partial charge >= 0.3 is 11.9 Å². The molecule has 0 radical (unpaired) electrons. The molecule has 0 aromatic carbocycles. The molecule has 3 aromatic rings. The maximum Gasteiger partial charge on any atom is 0.308 e. The number of amides is 1. The number of hydrogen-bond acceptors (Lipinski definition) is 16. The van der Waals surface area contributed by atoms with Gasteiger partial charge in [0, 0.05) is 77.8 Å². The molecule has 0 spiro atoms. The zero-order valence-corrected chi connectivity index (χ0v) is 37.9. The van der Waals surface area contributed by atoms with Crippen LogP contribution in [-0.2, 0) is 42.9 Å². The molecule has 63 heavy (non-hydrogen) atoms. The first-order valence-electron chi connectivity index (χ1n) is 21.6. The molecule has 0 aliphatic carbocycles. The molecule has 346 valence electrons. The summed E-state index contributed by atoms with van der Waals surface area (Å²) in [5.41, 5.74) is 1.30. The Kier molecular flexibility index (Phi) is 19.6. The quantitative estimate of drug-likeness (QED) is 0.118. The number of carbonyl (C=O) groups is 5. The summed E-state index contributed by atoms with van der Waals surface area (Å²) in [4.78, 5) is 77.9. The van der Waals surface area contributed by atoms with Gasteiger partial charge in [-0.3, -0.25) is 24.0 Å². The Balaban J connectivity index is 1.51. The van der Waals surface area contributed by atoms with Crippen LogP contribution in [-0.4, -0.2) is 107 Å². The van der Waals surface area contributed by atoms with Gasteiger partial charge in [0.2, 0.25) is 24.1 Å². The second kappa shape index (κ2) is 24.5. The minimum absolute atomic E-state index is 0.0167. The van der Waals surface area contributed by atoms with Crippen LogP contribution in [0.5, 0.6) is 0 Å². The van der Waals surface area contributed by atoms with Crippen LogP contribution in [0.2, 0.25) is 0 Å². The van der Waals surface area contributed by atoms with E-state index < -0.39 is 48.4 Å². The number of nitrogens with zero attached hydrogens (tertiary/aromatic N) is 4. The summed E-state index contributed by atoms with van der Waals surface area (Å²) in [6, 6.07) is 0. The van der Waals surface area contributed by atoms with Gasteiger partial charge < -0.3 is 42.2 Å². The number of hydrogen-bond donors (Lipinski definition) is 1. The second-order valence-electron chi connectivity index (χ2n) is 16.7. The third kappa shape index (κ3) is 15.2. The summed E-state index contributed by atoms with van der Waals surface area (Å²) in [6.07, 6.45) is 10.4. The number of Topliss-reactive ketones (excluding diaryl/α,β-unsaturated/α-hetero) is 2. The number of ketones is 2. The van der Waals surface area contributed by atoms with Crippen molar-refractivity contribution in [3.05, 3.63) is 48.7 Å². The van der Waals surface area contributed by atoms with E-state index in [1.165, 1.54) is 30.6 Å². The van der Waals surface area contributed by atoms with Crippen molar-refractivity contribution in [2.45, 2.75) is 136 Å². The molecule has 4 rings (SSSR count). The van der Waals surface area contributed by atoms with Crippen molar-refractivity contribution in [1.82, 2.24) is 19.9 Å². The van der Waals surface area contributed by atoms with Crippen LogP contribution in [0.1, 0.15) is 117 Å². The number of fused-ring (bicyclic) bond motifs is 8. The number of aromatic nitrogens is 3. The molecular weight excluding hydrogens is 817 g/mol. The van der Waals surface area contributed by atoms with E-state index in [-0.39, 0.29) is 85.5 Å². The van der Waals surface area contributed by atoms with Crippen molar-refractivity contribution < 1.29 is 61.3 Å². The summed E-state index contributed by atoms with van der Waals surface area (Å²) in [5, 5.41) is 10.9. The lowest BCUT2D eigenvalue weighted by atomic mass is 9.84. The Morgan fingerprint density at radius 3 is 2.40 bits per heavy atom. The van der Waals surface area contributed by atoms with Gasteiger partial charge in [-0.1, -0.05) is 46.8 Å². The standard InChI is InChI=1S/C46H64N4O13/c1-27(16-17-38(55)30(4)44(62-32(6)52)28(2)18-19-50(7)26-51)40(58-9)22-41-31(5)39(57-8)14-11-15-42-47-36(24-59-42)45-49-37(25-61-45)46-48-35(23-60-46)29(3)20-33(53)12-10-13-34(54)21-43(56)63-41/h11,15,18-19,23-31,34,39-41,44,54H,10,12-14,16-17,20-22H2,1-9H3/b15-11+,19-18+. The normalized spacial score (nSPS) is 23.6. The lowest BCUT2D eigenvalue weighted by molar-refractivity contribution is -0.160. The van der Waals surface area contributed by atoms with Crippen LogP contribution in [0.25, 0.3) is 29.2 Å². The zero-order chi connectivity index (χ0) is 46.2. The third-order valence-electron chi connectivity index (χ3n) is 11.7. The predicted octanol–water partition coefficient (Wildman–Crippen LogP) is 7.14. The van der Waals surface area contributed by atoms with E-state index in [9.17, 15) is 29.1 Å². The molecule has 17 nitrogen and oxygen atoms in total. The Bertz CT molecular complexity index is 2000. The average molecular weight is 881 g/mol. The minimum Gasteiger partial charge on any atom is -0.462 e. The van der Waals surface area contributed by atoms with E-state index in [0.29, 0.717) is 48.6 Å².